The Bertz CT molecular complexity index is 1450. The number of aliphatic hydroxyl groups is 5. The van der Waals surface area contributed by atoms with Crippen LogP contribution in [-0.2, 0) is 10.3 Å². The molecule has 2 saturated carbocycles. The molecule has 10 atom stereocenters. The van der Waals surface area contributed by atoms with Crippen molar-refractivity contribution in [2.45, 2.75) is 92.7 Å². The summed E-state index contributed by atoms with van der Waals surface area (Å²) in [7, 11) is 0. The lowest BCUT2D eigenvalue weighted by atomic mass is 9.56. The highest BCUT2D eigenvalue weighted by atomic mass is 16.5. The number of pyridine rings is 1. The third kappa shape index (κ3) is 3.08. The van der Waals surface area contributed by atoms with Gasteiger partial charge in [0.25, 0.3) is 0 Å². The molecule has 2 aromatic rings. The summed E-state index contributed by atoms with van der Waals surface area (Å²) in [6.45, 7) is 2.79. The maximum atomic E-state index is 12.5. The van der Waals surface area contributed by atoms with E-state index in [1.54, 1.807) is 12.4 Å². The molecule has 8 heteroatoms. The molecule has 8 nitrogen and oxygen atoms in total. The van der Waals surface area contributed by atoms with Crippen molar-refractivity contribution in [1.82, 2.24) is 9.88 Å². The number of ether oxygens (including phenoxy) is 1. The predicted octanol–water partition coefficient (Wildman–Crippen LogP) is 1.93. The van der Waals surface area contributed by atoms with Crippen LogP contribution in [0.25, 0.3) is 10.8 Å². The number of allylic oxidation sites excluding steroid dienone is 1. The number of likely N-dealkylation sites (tertiary alicyclic amines) is 1. The monoisotopic (exact) mass is 546 g/mol. The number of hydrogen-bond acceptors (Lipinski definition) is 8. The van der Waals surface area contributed by atoms with Gasteiger partial charge in [-0.15, -0.1) is 0 Å². The fraction of sp³-hybridized carbons (Fsp3) is 0.594. The molecule has 212 valence electrons. The summed E-state index contributed by atoms with van der Waals surface area (Å²) in [6.07, 6.45) is 8.59. The van der Waals surface area contributed by atoms with E-state index in [-0.39, 0.29) is 12.0 Å². The van der Waals surface area contributed by atoms with E-state index < -0.39 is 46.6 Å². The summed E-state index contributed by atoms with van der Waals surface area (Å²) in [4.78, 5) is 6.28. The number of nitrogens with zero attached hydrogens (tertiary/aromatic N) is 2. The van der Waals surface area contributed by atoms with Crippen LogP contribution >= 0.6 is 0 Å². The molecule has 2 spiro atoms. The van der Waals surface area contributed by atoms with Gasteiger partial charge >= 0.3 is 0 Å². The second-order valence-corrected chi connectivity index (χ2v) is 13.6. The first-order valence-electron chi connectivity index (χ1n) is 14.7. The second-order valence-electron chi connectivity index (χ2n) is 13.6. The Morgan fingerprint density at radius 1 is 1.00 bits per heavy atom. The van der Waals surface area contributed by atoms with E-state index in [0.29, 0.717) is 44.3 Å². The molecular formula is C32H38N2O6. The van der Waals surface area contributed by atoms with Crippen LogP contribution in [-0.4, -0.2) is 90.2 Å². The average Bonchev–Trinajstić information content (AvgIpc) is 3.52. The Kier molecular flexibility index (Phi) is 5.25. The van der Waals surface area contributed by atoms with E-state index in [1.807, 2.05) is 29.2 Å². The van der Waals surface area contributed by atoms with Gasteiger partial charge in [-0.2, -0.15) is 0 Å². The minimum absolute atomic E-state index is 0.0949. The SMILES string of the molecule is C[C@]12CC=C3C=C4C[C@@H](O)[C@@H](N5C[C@H](O)[C@@H](O)C5)C[C@]45CCC3(O5)[C@@H]1C[C@@H](O)[C@]2(O)c1ccc2ccncc2c1. The van der Waals surface area contributed by atoms with Crippen LogP contribution in [0.1, 0.15) is 51.0 Å². The Hall–Kier alpha value is -2.17. The summed E-state index contributed by atoms with van der Waals surface area (Å²) in [5.74, 6) is -0.0949. The lowest BCUT2D eigenvalue weighted by molar-refractivity contribution is -0.179. The van der Waals surface area contributed by atoms with Gasteiger partial charge in [-0.25, -0.2) is 0 Å². The van der Waals surface area contributed by atoms with Crippen LogP contribution in [0.5, 0.6) is 0 Å². The van der Waals surface area contributed by atoms with E-state index in [9.17, 15) is 25.5 Å². The van der Waals surface area contributed by atoms with E-state index in [2.05, 4.69) is 24.1 Å². The number of aromatic nitrogens is 1. The van der Waals surface area contributed by atoms with E-state index in [0.717, 1.165) is 34.8 Å². The van der Waals surface area contributed by atoms with Crippen LogP contribution < -0.4 is 0 Å². The number of fused-ring (bicyclic) bond motifs is 2. The lowest BCUT2D eigenvalue weighted by Crippen LogP contribution is -2.59. The van der Waals surface area contributed by atoms with Gasteiger partial charge in [0.1, 0.15) is 5.60 Å². The number of hydrogen-bond donors (Lipinski definition) is 5. The van der Waals surface area contributed by atoms with E-state index in [4.69, 9.17) is 4.74 Å². The molecule has 6 aliphatic rings. The molecule has 1 aromatic heterocycles. The molecule has 1 aromatic carbocycles. The van der Waals surface area contributed by atoms with E-state index in [1.165, 1.54) is 0 Å². The van der Waals surface area contributed by atoms with Crippen molar-refractivity contribution in [3.8, 4) is 0 Å². The fourth-order valence-electron chi connectivity index (χ4n) is 9.65. The normalized spacial score (nSPS) is 48.0. The maximum Gasteiger partial charge on any atom is 0.121 e. The molecule has 0 amide bonds. The number of β-amino-alcohol motifs (C(OH)–C–C–N with tert-alkyl or cyclic N) is 2. The van der Waals surface area contributed by atoms with Crippen LogP contribution in [0.15, 0.2) is 60.0 Å². The zero-order valence-electron chi connectivity index (χ0n) is 22.8. The largest absolute Gasteiger partial charge is 0.391 e. The Labute approximate surface area is 233 Å². The number of benzene rings is 1. The third-order valence-electron chi connectivity index (χ3n) is 11.8. The molecule has 3 aliphatic carbocycles. The fourth-order valence-corrected chi connectivity index (χ4v) is 9.65. The molecule has 0 radical (unpaired) electrons. The van der Waals surface area contributed by atoms with Crippen molar-refractivity contribution < 1.29 is 30.3 Å². The number of rotatable bonds is 2. The minimum Gasteiger partial charge on any atom is -0.391 e. The van der Waals surface area contributed by atoms with Gasteiger partial charge in [-0.1, -0.05) is 31.2 Å². The van der Waals surface area contributed by atoms with Crippen LogP contribution in [0.3, 0.4) is 0 Å². The Morgan fingerprint density at radius 2 is 1.80 bits per heavy atom. The van der Waals surface area contributed by atoms with Crippen molar-refractivity contribution in [3.63, 3.8) is 0 Å². The average molecular weight is 547 g/mol. The van der Waals surface area contributed by atoms with Gasteiger partial charge in [-0.05, 0) is 72.8 Å². The first kappa shape index (κ1) is 25.5. The summed E-state index contributed by atoms with van der Waals surface area (Å²) in [5, 5.41) is 57.6. The zero-order chi connectivity index (χ0) is 27.7. The molecule has 3 aliphatic heterocycles. The quantitative estimate of drug-likeness (QED) is 0.387. The molecular weight excluding hydrogens is 508 g/mol. The topological polar surface area (TPSA) is 127 Å². The summed E-state index contributed by atoms with van der Waals surface area (Å²) >= 11 is 0. The molecule has 2 saturated heterocycles. The predicted molar refractivity (Wildman–Crippen MR) is 147 cm³/mol. The van der Waals surface area contributed by atoms with Crippen molar-refractivity contribution >= 4 is 10.8 Å². The van der Waals surface area contributed by atoms with Crippen molar-refractivity contribution in [1.29, 1.82) is 0 Å². The zero-order valence-corrected chi connectivity index (χ0v) is 22.8. The van der Waals surface area contributed by atoms with Crippen LogP contribution in [0.2, 0.25) is 0 Å². The molecule has 4 heterocycles. The molecule has 1 unspecified atom stereocenters. The minimum atomic E-state index is -1.45. The van der Waals surface area contributed by atoms with Crippen molar-refractivity contribution in [3.05, 3.63) is 65.5 Å². The third-order valence-corrected chi connectivity index (χ3v) is 11.8. The van der Waals surface area contributed by atoms with Gasteiger partial charge in [-0.3, -0.25) is 9.88 Å². The van der Waals surface area contributed by atoms with Gasteiger partial charge in [0, 0.05) is 48.2 Å². The van der Waals surface area contributed by atoms with Crippen molar-refractivity contribution in [2.75, 3.05) is 13.1 Å². The van der Waals surface area contributed by atoms with Gasteiger partial charge in [0.2, 0.25) is 0 Å². The molecule has 2 bridgehead atoms. The summed E-state index contributed by atoms with van der Waals surface area (Å²) in [5.41, 5.74) is -0.292. The molecule has 8 rings (SSSR count). The Balaban J connectivity index is 1.18. The molecule has 4 fully saturated rings. The van der Waals surface area contributed by atoms with Gasteiger partial charge in [0.05, 0.1) is 35.6 Å². The Morgan fingerprint density at radius 3 is 2.60 bits per heavy atom. The first-order valence-corrected chi connectivity index (χ1v) is 14.7. The highest BCUT2D eigenvalue weighted by Gasteiger charge is 2.73. The van der Waals surface area contributed by atoms with Gasteiger partial charge < -0.3 is 30.3 Å². The smallest absolute Gasteiger partial charge is 0.121 e. The summed E-state index contributed by atoms with van der Waals surface area (Å²) in [6, 6.07) is 7.64. The first-order chi connectivity index (χ1) is 19.1. The highest BCUT2D eigenvalue weighted by molar-refractivity contribution is 5.82. The molecule has 40 heavy (non-hydrogen) atoms. The lowest BCUT2D eigenvalue weighted by Gasteiger charge is -2.56. The highest BCUT2D eigenvalue weighted by Crippen LogP contribution is 2.70. The number of aliphatic hydroxyl groups excluding tert-OH is 4. The van der Waals surface area contributed by atoms with Crippen molar-refractivity contribution in [2.24, 2.45) is 11.3 Å². The summed E-state index contributed by atoms with van der Waals surface area (Å²) < 4.78 is 7.27. The van der Waals surface area contributed by atoms with Crippen LogP contribution in [0.4, 0.5) is 0 Å². The maximum absolute atomic E-state index is 12.5. The molecule has 5 N–H and O–H groups in total. The van der Waals surface area contributed by atoms with Gasteiger partial charge in [0.15, 0.2) is 0 Å². The second kappa shape index (κ2) is 8.22. The van der Waals surface area contributed by atoms with E-state index >= 15 is 0 Å². The van der Waals surface area contributed by atoms with Crippen LogP contribution in [0, 0.1) is 11.3 Å². The standard InChI is InChI=1S/C32H38N2O6/c1-29-6-4-20-11-22-12-24(35)23(34-16-25(36)26(37)17-34)14-30(22)7-8-31(20,40-30)27(29)13-28(38)32(29,39)21-3-2-18-5-9-33-15-19(18)10-21/h2-5,9-11,15,23-28,35-39H,6-8,12-14,16-17H2,1H3/t23-,24+,25-,26-,27+,28+,29-,30+,31?,32+/m0/s1.